The number of amides is 1. The van der Waals surface area contributed by atoms with Crippen molar-refractivity contribution in [2.24, 2.45) is 0 Å². The van der Waals surface area contributed by atoms with Crippen LogP contribution in [0, 0.1) is 0 Å². The molecule has 1 aliphatic rings. The first-order valence-corrected chi connectivity index (χ1v) is 6.44. The molecule has 0 aliphatic carbocycles. The van der Waals surface area contributed by atoms with Crippen LogP contribution in [0.2, 0.25) is 0 Å². The van der Waals surface area contributed by atoms with E-state index in [-0.39, 0.29) is 18.3 Å². The van der Waals surface area contributed by atoms with E-state index in [4.69, 9.17) is 0 Å². The number of rotatable bonds is 4. The Morgan fingerprint density at radius 1 is 1.60 bits per heavy atom. The summed E-state index contributed by atoms with van der Waals surface area (Å²) in [5, 5.41) is 3.38. The molecule has 1 aliphatic heterocycles. The highest BCUT2D eigenvalue weighted by Crippen LogP contribution is 2.11. The maximum Gasteiger partial charge on any atom is 0.223 e. The summed E-state index contributed by atoms with van der Waals surface area (Å²) in [6.45, 7) is 4.01. The van der Waals surface area contributed by atoms with Crippen molar-refractivity contribution in [3.05, 3.63) is 0 Å². The lowest BCUT2D eigenvalue weighted by molar-refractivity contribution is -0.130. The molecule has 1 unspecified atom stereocenters. The minimum Gasteiger partial charge on any atom is -0.346 e. The van der Waals surface area contributed by atoms with Crippen LogP contribution in [0.25, 0.3) is 0 Å². The third kappa shape index (κ3) is 5.64. The van der Waals surface area contributed by atoms with Gasteiger partial charge in [-0.1, -0.05) is 6.92 Å². The number of hydrogen-bond donors (Lipinski definition) is 1. The van der Waals surface area contributed by atoms with Crippen molar-refractivity contribution in [2.75, 3.05) is 31.6 Å². The summed E-state index contributed by atoms with van der Waals surface area (Å²) >= 11 is 1.94. The van der Waals surface area contributed by atoms with E-state index in [0.29, 0.717) is 12.5 Å². The van der Waals surface area contributed by atoms with Gasteiger partial charge in [0.1, 0.15) is 0 Å². The van der Waals surface area contributed by atoms with Gasteiger partial charge in [0.25, 0.3) is 0 Å². The van der Waals surface area contributed by atoms with Gasteiger partial charge in [0.05, 0.1) is 0 Å². The fraction of sp³-hybridized carbons (Fsp3) is 0.900. The number of carbonyl (C=O) groups is 1. The van der Waals surface area contributed by atoms with E-state index < -0.39 is 0 Å². The van der Waals surface area contributed by atoms with Crippen molar-refractivity contribution in [3.8, 4) is 0 Å². The lowest BCUT2D eigenvalue weighted by Gasteiger charge is -2.25. The molecule has 5 heteroatoms. The molecule has 0 spiro atoms. The van der Waals surface area contributed by atoms with E-state index in [0.717, 1.165) is 25.3 Å². The Balaban J connectivity index is 0.00000196. The molecule has 1 saturated heterocycles. The largest absolute Gasteiger partial charge is 0.346 e. The van der Waals surface area contributed by atoms with Crippen molar-refractivity contribution in [1.29, 1.82) is 0 Å². The van der Waals surface area contributed by atoms with Crippen LogP contribution in [0.15, 0.2) is 0 Å². The molecular formula is C10H21ClN2OS. The first-order chi connectivity index (χ1) is 6.74. The number of nitrogens with zero attached hydrogens (tertiary/aromatic N) is 1. The predicted molar refractivity (Wildman–Crippen MR) is 68.9 cm³/mol. The van der Waals surface area contributed by atoms with Gasteiger partial charge in [0.15, 0.2) is 0 Å². The SMILES string of the molecule is CCCN(C)C(=O)CC1CSCCN1.Cl. The van der Waals surface area contributed by atoms with Crippen molar-refractivity contribution in [3.63, 3.8) is 0 Å². The van der Waals surface area contributed by atoms with Crippen LogP contribution in [-0.4, -0.2) is 48.5 Å². The van der Waals surface area contributed by atoms with Crippen molar-refractivity contribution in [2.45, 2.75) is 25.8 Å². The molecule has 0 aromatic heterocycles. The molecule has 1 atom stereocenters. The molecule has 0 radical (unpaired) electrons. The summed E-state index contributed by atoms with van der Waals surface area (Å²) in [5.41, 5.74) is 0. The lowest BCUT2D eigenvalue weighted by Crippen LogP contribution is -2.41. The smallest absolute Gasteiger partial charge is 0.223 e. The standard InChI is InChI=1S/C10H20N2OS.ClH/c1-3-5-12(2)10(13)7-9-8-14-6-4-11-9;/h9,11H,3-8H2,1-2H3;1H. The maximum absolute atomic E-state index is 11.7. The first kappa shape index (κ1) is 15.1. The Labute approximate surface area is 103 Å². The number of halogens is 1. The van der Waals surface area contributed by atoms with Crippen LogP contribution in [0.4, 0.5) is 0 Å². The molecule has 3 nitrogen and oxygen atoms in total. The van der Waals surface area contributed by atoms with Crippen LogP contribution in [0.5, 0.6) is 0 Å². The van der Waals surface area contributed by atoms with Gasteiger partial charge < -0.3 is 10.2 Å². The molecule has 0 aromatic rings. The second-order valence-electron chi connectivity index (χ2n) is 3.75. The van der Waals surface area contributed by atoms with Crippen molar-refractivity contribution in [1.82, 2.24) is 10.2 Å². The molecular weight excluding hydrogens is 232 g/mol. The molecule has 0 bridgehead atoms. The molecule has 0 saturated carbocycles. The average Bonchev–Trinajstić information content (AvgIpc) is 2.19. The summed E-state index contributed by atoms with van der Waals surface area (Å²) in [5.74, 6) is 2.52. The third-order valence-electron chi connectivity index (χ3n) is 2.40. The highest BCUT2D eigenvalue weighted by molar-refractivity contribution is 7.99. The monoisotopic (exact) mass is 252 g/mol. The Bertz CT molecular complexity index is 186. The highest BCUT2D eigenvalue weighted by atomic mass is 35.5. The van der Waals surface area contributed by atoms with E-state index in [9.17, 15) is 4.79 Å². The summed E-state index contributed by atoms with van der Waals surface area (Å²) in [6.07, 6.45) is 1.69. The van der Waals surface area contributed by atoms with Crippen molar-refractivity contribution >= 4 is 30.1 Å². The Morgan fingerprint density at radius 2 is 2.33 bits per heavy atom. The number of hydrogen-bond acceptors (Lipinski definition) is 3. The fourth-order valence-electron chi connectivity index (χ4n) is 1.58. The third-order valence-corrected chi connectivity index (χ3v) is 3.54. The lowest BCUT2D eigenvalue weighted by atomic mass is 10.2. The molecule has 1 rings (SSSR count). The van der Waals surface area contributed by atoms with E-state index in [2.05, 4.69) is 12.2 Å². The maximum atomic E-state index is 11.7. The summed E-state index contributed by atoms with van der Waals surface area (Å²) < 4.78 is 0. The second-order valence-corrected chi connectivity index (χ2v) is 4.90. The topological polar surface area (TPSA) is 32.3 Å². The van der Waals surface area contributed by atoms with Gasteiger partial charge in [-0.05, 0) is 6.42 Å². The van der Waals surface area contributed by atoms with Gasteiger partial charge in [-0.25, -0.2) is 0 Å². The summed E-state index contributed by atoms with van der Waals surface area (Å²) in [6, 6.07) is 0.389. The molecule has 15 heavy (non-hydrogen) atoms. The predicted octanol–water partition coefficient (Wildman–Crippen LogP) is 1.37. The quantitative estimate of drug-likeness (QED) is 0.821. The Hall–Kier alpha value is 0.0700. The van der Waals surface area contributed by atoms with Gasteiger partial charge in [0.2, 0.25) is 5.91 Å². The fourth-order valence-corrected chi connectivity index (χ4v) is 2.53. The van der Waals surface area contributed by atoms with Gasteiger partial charge in [-0.3, -0.25) is 4.79 Å². The zero-order valence-electron chi connectivity index (χ0n) is 9.49. The average molecular weight is 253 g/mol. The van der Waals surface area contributed by atoms with E-state index >= 15 is 0 Å². The zero-order chi connectivity index (χ0) is 10.4. The van der Waals surface area contributed by atoms with Gasteiger partial charge in [0, 0.05) is 44.1 Å². The molecule has 1 N–H and O–H groups in total. The highest BCUT2D eigenvalue weighted by Gasteiger charge is 2.18. The molecule has 1 heterocycles. The minimum atomic E-state index is 0. The first-order valence-electron chi connectivity index (χ1n) is 5.29. The molecule has 90 valence electrons. The Morgan fingerprint density at radius 3 is 2.87 bits per heavy atom. The van der Waals surface area contributed by atoms with Crippen LogP contribution in [-0.2, 0) is 4.79 Å². The van der Waals surface area contributed by atoms with Gasteiger partial charge in [-0.15, -0.1) is 12.4 Å². The summed E-state index contributed by atoms with van der Waals surface area (Å²) in [4.78, 5) is 13.5. The van der Waals surface area contributed by atoms with Crippen LogP contribution in [0.1, 0.15) is 19.8 Å². The van der Waals surface area contributed by atoms with Gasteiger partial charge in [-0.2, -0.15) is 11.8 Å². The van der Waals surface area contributed by atoms with E-state index in [1.54, 1.807) is 0 Å². The van der Waals surface area contributed by atoms with E-state index in [1.165, 1.54) is 5.75 Å². The van der Waals surface area contributed by atoms with Crippen LogP contribution < -0.4 is 5.32 Å². The van der Waals surface area contributed by atoms with E-state index in [1.807, 2.05) is 23.7 Å². The normalized spacial score (nSPS) is 20.5. The molecule has 1 amide bonds. The number of nitrogens with one attached hydrogen (secondary N) is 1. The number of carbonyl (C=O) groups excluding carboxylic acids is 1. The van der Waals surface area contributed by atoms with Gasteiger partial charge >= 0.3 is 0 Å². The Kier molecular flexibility index (Phi) is 8.29. The second kappa shape index (κ2) is 8.25. The zero-order valence-corrected chi connectivity index (χ0v) is 11.1. The molecule has 1 fully saturated rings. The van der Waals surface area contributed by atoms with Crippen LogP contribution >= 0.6 is 24.2 Å². The minimum absolute atomic E-state index is 0. The molecule has 0 aromatic carbocycles. The number of thioether (sulfide) groups is 1. The van der Waals surface area contributed by atoms with Crippen molar-refractivity contribution < 1.29 is 4.79 Å². The van der Waals surface area contributed by atoms with Crippen LogP contribution in [0.3, 0.4) is 0 Å². The summed E-state index contributed by atoms with van der Waals surface area (Å²) in [7, 11) is 1.89.